The number of nitrogens with zero attached hydrogens (tertiary/aromatic N) is 3. The van der Waals surface area contributed by atoms with Crippen LogP contribution in [-0.4, -0.2) is 15.0 Å². The molecule has 0 aliphatic carbocycles. The highest BCUT2D eigenvalue weighted by Crippen LogP contribution is 2.30. The van der Waals surface area contributed by atoms with Gasteiger partial charge >= 0.3 is 6.18 Å². The van der Waals surface area contributed by atoms with Crippen molar-refractivity contribution in [3.63, 3.8) is 0 Å². The minimum Gasteiger partial charge on any atom is -0.220 e. The molecular formula is C9H5BrF3N3. The Kier molecular flexibility index (Phi) is 1.55. The third-order valence-corrected chi connectivity index (χ3v) is 1.86. The molecule has 16 heavy (non-hydrogen) atoms. The van der Waals surface area contributed by atoms with E-state index in [1.807, 2.05) is 0 Å². The predicted molar refractivity (Wildman–Crippen MR) is 54.1 cm³/mol. The highest BCUT2D eigenvalue weighted by atomic mass is 79.9. The summed E-state index contributed by atoms with van der Waals surface area (Å²) >= 11 is 2.84. The highest BCUT2D eigenvalue weighted by molar-refractivity contribution is 9.10. The summed E-state index contributed by atoms with van der Waals surface area (Å²) in [5.41, 5.74) is -2.36. The normalized spacial score (nSPS) is 16.1. The predicted octanol–water partition coefficient (Wildman–Crippen LogP) is 3.05. The lowest BCUT2D eigenvalue weighted by molar-refractivity contribution is -0.137. The van der Waals surface area contributed by atoms with Gasteiger partial charge in [-0.1, -0.05) is 11.3 Å². The van der Waals surface area contributed by atoms with Crippen LogP contribution in [0.2, 0.25) is 0 Å². The van der Waals surface area contributed by atoms with E-state index in [2.05, 4.69) is 26.2 Å². The standard InChI is InChI=1S/C9H5BrF3N3/c10-8-5-16(15-14-8)7-3-1-2-6(4-7)9(11,12)13/h1-5H/i1D,2D,3D,4D,5D. The lowest BCUT2D eigenvalue weighted by Crippen LogP contribution is -2.06. The summed E-state index contributed by atoms with van der Waals surface area (Å²) in [6.45, 7) is 0. The largest absolute Gasteiger partial charge is 0.416 e. The Morgan fingerprint density at radius 2 is 2.12 bits per heavy atom. The molecule has 0 atom stereocenters. The maximum Gasteiger partial charge on any atom is 0.416 e. The molecule has 1 aromatic carbocycles. The summed E-state index contributed by atoms with van der Waals surface area (Å²) in [4.78, 5) is 0. The lowest BCUT2D eigenvalue weighted by Gasteiger charge is -2.07. The van der Waals surface area contributed by atoms with Gasteiger partial charge in [0.15, 0.2) is 0 Å². The molecule has 0 fully saturated rings. The summed E-state index contributed by atoms with van der Waals surface area (Å²) in [6, 6.07) is -4.25. The van der Waals surface area contributed by atoms with Crippen molar-refractivity contribution in [3.05, 3.63) is 40.5 Å². The van der Waals surface area contributed by atoms with E-state index in [0.29, 0.717) is 4.68 Å². The van der Waals surface area contributed by atoms with Crippen molar-refractivity contribution in [3.8, 4) is 5.69 Å². The SMILES string of the molecule is [2H]c1c([2H])c(-n2nnc(Br)c2[2H])c([2H])c(C(F)(F)F)c1[2H]. The number of rotatable bonds is 1. The third-order valence-electron chi connectivity index (χ3n) is 1.53. The molecule has 0 saturated heterocycles. The van der Waals surface area contributed by atoms with Crippen LogP contribution in [0.5, 0.6) is 0 Å². The maximum absolute atomic E-state index is 12.9. The summed E-state index contributed by atoms with van der Waals surface area (Å²) in [5.74, 6) is 0. The molecule has 0 spiro atoms. The van der Waals surface area contributed by atoms with E-state index in [4.69, 9.17) is 6.85 Å². The Morgan fingerprint density at radius 3 is 2.69 bits per heavy atom. The van der Waals surface area contributed by atoms with Crippen LogP contribution < -0.4 is 0 Å². The van der Waals surface area contributed by atoms with Crippen LogP contribution in [0.3, 0.4) is 0 Å². The molecule has 0 aliphatic rings. The minimum absolute atomic E-state index is 0.0867. The average Bonchev–Trinajstić information content (AvgIpc) is 2.67. The van der Waals surface area contributed by atoms with Crippen molar-refractivity contribution in [2.24, 2.45) is 0 Å². The van der Waals surface area contributed by atoms with Gasteiger partial charge in [-0.2, -0.15) is 13.2 Å². The molecule has 1 aromatic heterocycles. The van der Waals surface area contributed by atoms with Crippen molar-refractivity contribution in [1.82, 2.24) is 15.0 Å². The third kappa shape index (κ3) is 2.24. The van der Waals surface area contributed by atoms with Gasteiger partial charge in [0.05, 0.1) is 24.3 Å². The van der Waals surface area contributed by atoms with E-state index in [0.717, 1.165) is 0 Å². The first-order chi connectivity index (χ1) is 9.57. The average molecular weight is 297 g/mol. The Balaban J connectivity index is 2.91. The van der Waals surface area contributed by atoms with E-state index in [-0.39, 0.29) is 4.60 Å². The Bertz CT molecular complexity index is 731. The molecule has 1 heterocycles. The fraction of sp³-hybridized carbons (Fsp3) is 0.111. The summed E-state index contributed by atoms with van der Waals surface area (Å²) in [5, 5.41) is 6.79. The van der Waals surface area contributed by atoms with Gasteiger partial charge in [0.2, 0.25) is 0 Å². The smallest absolute Gasteiger partial charge is 0.220 e. The second-order valence-electron chi connectivity index (χ2n) is 2.63. The molecule has 84 valence electrons. The Morgan fingerprint density at radius 1 is 1.38 bits per heavy atom. The minimum atomic E-state index is -5.04. The maximum atomic E-state index is 12.9. The van der Waals surface area contributed by atoms with Gasteiger partial charge in [0.1, 0.15) is 4.60 Å². The number of halogens is 4. The van der Waals surface area contributed by atoms with Crippen LogP contribution >= 0.6 is 15.9 Å². The zero-order chi connectivity index (χ0) is 16.1. The number of hydrogen-bond acceptors (Lipinski definition) is 2. The van der Waals surface area contributed by atoms with Crippen molar-refractivity contribution < 1.29 is 20.0 Å². The summed E-state index contributed by atoms with van der Waals surface area (Å²) in [6.07, 6.45) is -5.51. The lowest BCUT2D eigenvalue weighted by atomic mass is 10.2. The van der Waals surface area contributed by atoms with Crippen LogP contribution in [0, 0.1) is 0 Å². The zero-order valence-corrected chi connectivity index (χ0v) is 8.94. The monoisotopic (exact) mass is 296 g/mol. The number of aromatic nitrogens is 3. The molecule has 3 nitrogen and oxygen atoms in total. The van der Waals surface area contributed by atoms with Crippen LogP contribution in [0.15, 0.2) is 34.9 Å². The first kappa shape index (κ1) is 6.39. The van der Waals surface area contributed by atoms with E-state index in [9.17, 15) is 13.2 Å². The molecule has 0 saturated carbocycles. The van der Waals surface area contributed by atoms with Crippen LogP contribution in [0.4, 0.5) is 13.2 Å². The van der Waals surface area contributed by atoms with Crippen LogP contribution in [0.25, 0.3) is 5.69 Å². The topological polar surface area (TPSA) is 30.7 Å². The quantitative estimate of drug-likeness (QED) is 0.810. The fourth-order valence-electron chi connectivity index (χ4n) is 0.898. The molecule has 0 radical (unpaired) electrons. The van der Waals surface area contributed by atoms with E-state index in [1.54, 1.807) is 0 Å². The molecule has 0 unspecified atom stereocenters. The second-order valence-corrected chi connectivity index (χ2v) is 3.38. The van der Waals surface area contributed by atoms with E-state index in [1.165, 1.54) is 0 Å². The molecule has 2 aromatic rings. The van der Waals surface area contributed by atoms with E-state index >= 15 is 0 Å². The molecule has 0 N–H and O–H groups in total. The van der Waals surface area contributed by atoms with Crippen molar-refractivity contribution in [2.45, 2.75) is 6.18 Å². The molecule has 2 rings (SSSR count). The van der Waals surface area contributed by atoms with Crippen LogP contribution in [-0.2, 0) is 6.18 Å². The summed E-state index contributed by atoms with van der Waals surface area (Å²) < 4.78 is 76.8. The molecule has 0 bridgehead atoms. The number of alkyl halides is 3. The van der Waals surface area contributed by atoms with Gasteiger partial charge in [-0.05, 0) is 34.1 Å². The van der Waals surface area contributed by atoms with Gasteiger partial charge in [-0.15, -0.1) is 5.10 Å². The first-order valence-corrected chi connectivity index (χ1v) is 4.62. The number of hydrogen-bond donors (Lipinski definition) is 0. The van der Waals surface area contributed by atoms with Gasteiger partial charge in [0.25, 0.3) is 0 Å². The van der Waals surface area contributed by atoms with Gasteiger partial charge < -0.3 is 0 Å². The molecule has 7 heteroatoms. The van der Waals surface area contributed by atoms with E-state index < -0.39 is 47.8 Å². The van der Waals surface area contributed by atoms with Gasteiger partial charge in [-0.3, -0.25) is 0 Å². The van der Waals surface area contributed by atoms with Crippen LogP contribution in [0.1, 0.15) is 12.4 Å². The van der Waals surface area contributed by atoms with Gasteiger partial charge in [-0.25, -0.2) is 4.68 Å². The molecule has 0 aliphatic heterocycles. The summed E-state index contributed by atoms with van der Waals surface area (Å²) in [7, 11) is 0. The highest BCUT2D eigenvalue weighted by Gasteiger charge is 2.30. The molecular weight excluding hydrogens is 287 g/mol. The Labute approximate surface area is 104 Å². The molecule has 0 amide bonds. The van der Waals surface area contributed by atoms with Gasteiger partial charge in [0, 0.05) is 0 Å². The zero-order valence-electron chi connectivity index (χ0n) is 12.4. The van der Waals surface area contributed by atoms with Crippen molar-refractivity contribution in [2.75, 3.05) is 0 Å². The second kappa shape index (κ2) is 3.89. The number of benzene rings is 1. The Hall–Kier alpha value is -1.37. The first-order valence-electron chi connectivity index (χ1n) is 6.33. The van der Waals surface area contributed by atoms with Crippen molar-refractivity contribution >= 4 is 15.9 Å². The van der Waals surface area contributed by atoms with Crippen molar-refractivity contribution in [1.29, 1.82) is 0 Å². The fourth-order valence-corrected chi connectivity index (χ4v) is 1.14.